The average molecular weight is 279 g/mol. The average Bonchev–Trinajstić information content (AvgIpc) is 3.12. The number of carbonyl (C=O) groups is 1. The lowest BCUT2D eigenvalue weighted by atomic mass is 10.1. The maximum absolute atomic E-state index is 12.6. The Balaban J connectivity index is 1.73. The molecule has 0 aromatic heterocycles. The van der Waals surface area contributed by atoms with Crippen LogP contribution in [0.2, 0.25) is 5.02 Å². The van der Waals surface area contributed by atoms with E-state index in [0.29, 0.717) is 22.7 Å². The van der Waals surface area contributed by atoms with Crippen molar-refractivity contribution in [2.45, 2.75) is 37.8 Å². The topological polar surface area (TPSA) is 32.3 Å². The van der Waals surface area contributed by atoms with E-state index in [1.807, 2.05) is 17.0 Å². The zero-order valence-electron chi connectivity index (χ0n) is 10.9. The Morgan fingerprint density at radius 2 is 2.21 bits per heavy atom. The van der Waals surface area contributed by atoms with E-state index in [4.69, 9.17) is 11.6 Å². The predicted octanol–water partition coefficient (Wildman–Crippen LogP) is 2.70. The molecule has 1 saturated heterocycles. The van der Waals surface area contributed by atoms with Crippen LogP contribution in [0.4, 0.5) is 0 Å². The summed E-state index contributed by atoms with van der Waals surface area (Å²) in [5.41, 5.74) is 0.706. The summed E-state index contributed by atoms with van der Waals surface area (Å²) in [5, 5.41) is 4.09. The Kier molecular flexibility index (Phi) is 3.76. The molecular weight excluding hydrogens is 260 g/mol. The van der Waals surface area contributed by atoms with Crippen LogP contribution < -0.4 is 5.32 Å². The quantitative estimate of drug-likeness (QED) is 0.918. The lowest BCUT2D eigenvalue weighted by molar-refractivity contribution is 0.0728. The molecule has 19 heavy (non-hydrogen) atoms. The summed E-state index contributed by atoms with van der Waals surface area (Å²) in [4.78, 5) is 14.6. The van der Waals surface area contributed by atoms with Crippen LogP contribution in [-0.4, -0.2) is 36.0 Å². The summed E-state index contributed by atoms with van der Waals surface area (Å²) in [5.74, 6) is 0.124. The van der Waals surface area contributed by atoms with Gasteiger partial charge in [-0.3, -0.25) is 4.79 Å². The molecule has 1 atom stereocenters. The van der Waals surface area contributed by atoms with Crippen molar-refractivity contribution in [3.63, 3.8) is 0 Å². The molecule has 0 bridgehead atoms. The number of hydrogen-bond donors (Lipinski definition) is 1. The molecule has 3 rings (SSSR count). The summed E-state index contributed by atoms with van der Waals surface area (Å²) in [6.45, 7) is 1.91. The highest BCUT2D eigenvalue weighted by atomic mass is 35.5. The van der Waals surface area contributed by atoms with Gasteiger partial charge < -0.3 is 10.2 Å². The highest BCUT2D eigenvalue weighted by Crippen LogP contribution is 2.29. The Morgan fingerprint density at radius 3 is 2.84 bits per heavy atom. The monoisotopic (exact) mass is 278 g/mol. The van der Waals surface area contributed by atoms with Crippen molar-refractivity contribution >= 4 is 17.5 Å². The minimum absolute atomic E-state index is 0.124. The lowest BCUT2D eigenvalue weighted by Gasteiger charge is -2.26. The van der Waals surface area contributed by atoms with Gasteiger partial charge in [0.25, 0.3) is 5.91 Å². The van der Waals surface area contributed by atoms with Crippen LogP contribution in [0.1, 0.15) is 36.0 Å². The first kappa shape index (κ1) is 12.9. The summed E-state index contributed by atoms with van der Waals surface area (Å²) in [6, 6.07) is 8.16. The highest BCUT2D eigenvalue weighted by Gasteiger charge is 2.34. The van der Waals surface area contributed by atoms with E-state index >= 15 is 0 Å². The molecule has 4 heteroatoms. The molecule has 2 fully saturated rings. The first-order valence-electron chi connectivity index (χ1n) is 7.04. The molecule has 1 aliphatic carbocycles. The van der Waals surface area contributed by atoms with Gasteiger partial charge in [0.05, 0.1) is 0 Å². The van der Waals surface area contributed by atoms with Crippen molar-refractivity contribution in [2.75, 3.05) is 13.1 Å². The Labute approximate surface area is 118 Å². The van der Waals surface area contributed by atoms with Crippen molar-refractivity contribution in [3.05, 3.63) is 34.9 Å². The van der Waals surface area contributed by atoms with Crippen molar-refractivity contribution in [1.82, 2.24) is 10.2 Å². The van der Waals surface area contributed by atoms with Gasteiger partial charge in [0.1, 0.15) is 0 Å². The van der Waals surface area contributed by atoms with Gasteiger partial charge in [-0.2, -0.15) is 0 Å². The first-order valence-corrected chi connectivity index (χ1v) is 7.42. The number of carbonyl (C=O) groups excluding carboxylic acids is 1. The molecule has 1 aromatic rings. The van der Waals surface area contributed by atoms with Gasteiger partial charge in [-0.15, -0.1) is 0 Å². The third-order valence-corrected chi connectivity index (χ3v) is 4.13. The van der Waals surface area contributed by atoms with Crippen molar-refractivity contribution in [1.29, 1.82) is 0 Å². The number of rotatable bonds is 4. The minimum Gasteiger partial charge on any atom is -0.334 e. The predicted molar refractivity (Wildman–Crippen MR) is 76.5 cm³/mol. The van der Waals surface area contributed by atoms with Gasteiger partial charge in [0.2, 0.25) is 0 Å². The first-order chi connectivity index (χ1) is 9.24. The lowest BCUT2D eigenvalue weighted by Crippen LogP contribution is -2.42. The number of nitrogens with zero attached hydrogens (tertiary/aromatic N) is 1. The molecule has 1 saturated carbocycles. The molecule has 0 radical (unpaired) electrons. The fraction of sp³-hybridized carbons (Fsp3) is 0.533. The second-order valence-corrected chi connectivity index (χ2v) is 5.93. The normalized spacial score (nSPS) is 22.5. The smallest absolute Gasteiger partial charge is 0.254 e. The Hall–Kier alpha value is -1.06. The molecule has 1 unspecified atom stereocenters. The number of amides is 1. The van der Waals surface area contributed by atoms with Crippen LogP contribution in [0.5, 0.6) is 0 Å². The van der Waals surface area contributed by atoms with Crippen LogP contribution in [0.25, 0.3) is 0 Å². The van der Waals surface area contributed by atoms with Gasteiger partial charge in [-0.25, -0.2) is 0 Å². The Morgan fingerprint density at radius 1 is 1.37 bits per heavy atom. The molecule has 1 amide bonds. The maximum atomic E-state index is 12.6. The summed E-state index contributed by atoms with van der Waals surface area (Å²) in [6.07, 6.45) is 4.67. The molecule has 2 aliphatic rings. The van der Waals surface area contributed by atoms with Crippen LogP contribution in [0.3, 0.4) is 0 Å². The fourth-order valence-electron chi connectivity index (χ4n) is 2.72. The van der Waals surface area contributed by atoms with Crippen molar-refractivity contribution in [2.24, 2.45) is 0 Å². The molecule has 0 spiro atoms. The molecular formula is C15H19ClN2O. The molecule has 1 aliphatic heterocycles. The number of halogens is 1. The highest BCUT2D eigenvalue weighted by molar-refractivity contribution is 6.30. The van der Waals surface area contributed by atoms with Crippen molar-refractivity contribution < 1.29 is 4.79 Å². The third kappa shape index (κ3) is 3.10. The summed E-state index contributed by atoms with van der Waals surface area (Å²) < 4.78 is 0. The van der Waals surface area contributed by atoms with Crippen LogP contribution >= 0.6 is 11.6 Å². The van der Waals surface area contributed by atoms with Gasteiger partial charge >= 0.3 is 0 Å². The largest absolute Gasteiger partial charge is 0.334 e. The zero-order valence-corrected chi connectivity index (χ0v) is 11.7. The standard InChI is InChI=1S/C15H19ClN2O/c16-12-4-1-3-11(9-12)15(19)18(14-6-7-14)10-13-5-2-8-17-13/h1,3-4,9,13-14,17H,2,5-8,10H2. The second-order valence-electron chi connectivity index (χ2n) is 5.49. The Bertz CT molecular complexity index is 467. The SMILES string of the molecule is O=C(c1cccc(Cl)c1)N(CC1CCCN1)C1CC1. The van der Waals surface area contributed by atoms with Crippen LogP contribution in [-0.2, 0) is 0 Å². The van der Waals surface area contributed by atoms with Gasteiger partial charge in [0, 0.05) is 29.2 Å². The molecule has 3 nitrogen and oxygen atoms in total. The number of hydrogen-bond acceptors (Lipinski definition) is 2. The number of benzene rings is 1. The van der Waals surface area contributed by atoms with Gasteiger partial charge in [0.15, 0.2) is 0 Å². The van der Waals surface area contributed by atoms with Gasteiger partial charge in [-0.1, -0.05) is 17.7 Å². The van der Waals surface area contributed by atoms with Crippen LogP contribution in [0, 0.1) is 0 Å². The molecule has 1 heterocycles. The minimum atomic E-state index is 0.124. The van der Waals surface area contributed by atoms with E-state index < -0.39 is 0 Å². The van der Waals surface area contributed by atoms with E-state index in [0.717, 1.165) is 25.9 Å². The van der Waals surface area contributed by atoms with Crippen LogP contribution in [0.15, 0.2) is 24.3 Å². The molecule has 1 N–H and O–H groups in total. The van der Waals surface area contributed by atoms with E-state index in [1.54, 1.807) is 12.1 Å². The van der Waals surface area contributed by atoms with E-state index in [2.05, 4.69) is 5.32 Å². The van der Waals surface area contributed by atoms with Crippen molar-refractivity contribution in [3.8, 4) is 0 Å². The maximum Gasteiger partial charge on any atom is 0.254 e. The number of nitrogens with one attached hydrogen (secondary N) is 1. The van der Waals surface area contributed by atoms with E-state index in [9.17, 15) is 4.79 Å². The van der Waals surface area contributed by atoms with Gasteiger partial charge in [-0.05, 0) is 50.4 Å². The summed E-state index contributed by atoms with van der Waals surface area (Å²) in [7, 11) is 0. The third-order valence-electron chi connectivity index (χ3n) is 3.90. The second kappa shape index (κ2) is 5.51. The molecule has 102 valence electrons. The summed E-state index contributed by atoms with van der Waals surface area (Å²) >= 11 is 5.98. The van der Waals surface area contributed by atoms with E-state index in [-0.39, 0.29) is 5.91 Å². The molecule has 1 aromatic carbocycles. The van der Waals surface area contributed by atoms with E-state index in [1.165, 1.54) is 12.8 Å². The fourth-order valence-corrected chi connectivity index (χ4v) is 2.91. The zero-order chi connectivity index (χ0) is 13.2.